The lowest BCUT2D eigenvalue weighted by Crippen LogP contribution is -2.02. The highest BCUT2D eigenvalue weighted by atomic mass is 32.1. The summed E-state index contributed by atoms with van der Waals surface area (Å²) >= 11 is 1.78. The number of hydrogen-bond acceptors (Lipinski definition) is 3. The van der Waals surface area contributed by atoms with E-state index in [0.29, 0.717) is 6.54 Å². The monoisotopic (exact) mass is 257 g/mol. The van der Waals surface area contributed by atoms with Crippen molar-refractivity contribution in [3.8, 4) is 0 Å². The maximum absolute atomic E-state index is 5.67. The molecule has 0 spiro atoms. The Morgan fingerprint density at radius 1 is 1.28 bits per heavy atom. The van der Waals surface area contributed by atoms with Crippen LogP contribution in [0.5, 0.6) is 0 Å². The number of nitrogens with zero attached hydrogens (tertiary/aromatic N) is 2. The molecule has 0 aliphatic heterocycles. The Balaban J connectivity index is 2.05. The lowest BCUT2D eigenvalue weighted by atomic mass is 10.2. The third kappa shape index (κ3) is 2.05. The van der Waals surface area contributed by atoms with Gasteiger partial charge in [-0.2, -0.15) is 0 Å². The van der Waals surface area contributed by atoms with Gasteiger partial charge < -0.3 is 10.3 Å². The molecule has 0 aromatic carbocycles. The summed E-state index contributed by atoms with van der Waals surface area (Å²) in [6, 6.07) is 8.35. The first-order chi connectivity index (χ1) is 8.88. The third-order valence-electron chi connectivity index (χ3n) is 3.04. The molecule has 3 rings (SSSR count). The molecule has 0 saturated heterocycles. The molecular weight excluding hydrogens is 242 g/mol. The van der Waals surface area contributed by atoms with Crippen LogP contribution in [-0.2, 0) is 13.0 Å². The molecule has 0 bridgehead atoms. The molecule has 0 saturated carbocycles. The van der Waals surface area contributed by atoms with Gasteiger partial charge in [0.2, 0.25) is 0 Å². The van der Waals surface area contributed by atoms with E-state index in [-0.39, 0.29) is 0 Å². The highest BCUT2D eigenvalue weighted by molar-refractivity contribution is 7.09. The molecule has 18 heavy (non-hydrogen) atoms. The summed E-state index contributed by atoms with van der Waals surface area (Å²) in [6.45, 7) is 1.56. The fourth-order valence-electron chi connectivity index (χ4n) is 2.24. The first kappa shape index (κ1) is 11.4. The Morgan fingerprint density at radius 2 is 2.22 bits per heavy atom. The van der Waals surface area contributed by atoms with E-state index in [9.17, 15) is 0 Å². The SMILES string of the molecule is NCCc1cn(Cc2cccs2)c2ncccc12. The minimum Gasteiger partial charge on any atom is -0.330 e. The summed E-state index contributed by atoms with van der Waals surface area (Å²) in [6.07, 6.45) is 4.93. The van der Waals surface area contributed by atoms with Crippen molar-refractivity contribution < 1.29 is 0 Å². The third-order valence-corrected chi connectivity index (χ3v) is 3.90. The van der Waals surface area contributed by atoms with E-state index in [1.165, 1.54) is 15.8 Å². The van der Waals surface area contributed by atoms with Crippen LogP contribution in [0.3, 0.4) is 0 Å². The van der Waals surface area contributed by atoms with Crippen LogP contribution in [0.25, 0.3) is 11.0 Å². The number of hydrogen-bond donors (Lipinski definition) is 1. The first-order valence-electron chi connectivity index (χ1n) is 6.03. The summed E-state index contributed by atoms with van der Waals surface area (Å²) in [5.41, 5.74) is 8.01. The van der Waals surface area contributed by atoms with Crippen molar-refractivity contribution in [2.24, 2.45) is 5.73 Å². The Morgan fingerprint density at radius 3 is 3.00 bits per heavy atom. The van der Waals surface area contributed by atoms with Gasteiger partial charge >= 0.3 is 0 Å². The van der Waals surface area contributed by atoms with E-state index in [1.807, 2.05) is 12.3 Å². The van der Waals surface area contributed by atoms with Crippen molar-refractivity contribution >= 4 is 22.4 Å². The molecule has 3 nitrogen and oxygen atoms in total. The smallest absolute Gasteiger partial charge is 0.140 e. The topological polar surface area (TPSA) is 43.8 Å². The van der Waals surface area contributed by atoms with Crippen LogP contribution in [0.1, 0.15) is 10.4 Å². The number of thiophene rings is 1. The Kier molecular flexibility index (Phi) is 3.13. The van der Waals surface area contributed by atoms with Gasteiger partial charge in [-0.3, -0.25) is 0 Å². The van der Waals surface area contributed by atoms with Gasteiger partial charge in [-0.15, -0.1) is 11.3 Å². The van der Waals surface area contributed by atoms with Crippen LogP contribution in [0.2, 0.25) is 0 Å². The van der Waals surface area contributed by atoms with Gasteiger partial charge in [0.05, 0.1) is 6.54 Å². The van der Waals surface area contributed by atoms with Crippen molar-refractivity contribution in [2.45, 2.75) is 13.0 Å². The first-order valence-corrected chi connectivity index (χ1v) is 6.91. The zero-order valence-corrected chi connectivity index (χ0v) is 10.9. The maximum Gasteiger partial charge on any atom is 0.140 e. The predicted octanol–water partition coefficient (Wildman–Crippen LogP) is 2.65. The zero-order valence-electron chi connectivity index (χ0n) is 10.0. The molecule has 3 aromatic rings. The molecule has 0 amide bonds. The van der Waals surface area contributed by atoms with Gasteiger partial charge in [-0.25, -0.2) is 4.98 Å². The van der Waals surface area contributed by atoms with Crippen LogP contribution in [-0.4, -0.2) is 16.1 Å². The molecule has 4 heteroatoms. The number of pyridine rings is 1. The average molecular weight is 257 g/mol. The van der Waals surface area contributed by atoms with Crippen LogP contribution in [0.4, 0.5) is 0 Å². The quantitative estimate of drug-likeness (QED) is 0.781. The Labute approximate surface area is 110 Å². The molecule has 92 valence electrons. The fourth-order valence-corrected chi connectivity index (χ4v) is 2.94. The van der Waals surface area contributed by atoms with Gasteiger partial charge in [-0.05, 0) is 42.1 Å². The standard InChI is InChI=1S/C14H15N3S/c15-6-5-11-9-17(10-12-3-2-8-18-12)14-13(11)4-1-7-16-14/h1-4,7-9H,5-6,10,15H2. The molecular formula is C14H15N3S. The fraction of sp³-hybridized carbons (Fsp3) is 0.214. The molecule has 0 radical (unpaired) electrons. The van der Waals surface area contributed by atoms with Crippen molar-refractivity contribution in [1.82, 2.24) is 9.55 Å². The van der Waals surface area contributed by atoms with E-state index < -0.39 is 0 Å². The van der Waals surface area contributed by atoms with Gasteiger partial charge in [0.25, 0.3) is 0 Å². The van der Waals surface area contributed by atoms with E-state index in [2.05, 4.69) is 39.3 Å². The normalized spacial score (nSPS) is 11.2. The van der Waals surface area contributed by atoms with E-state index >= 15 is 0 Å². The molecule has 0 fully saturated rings. The second-order valence-corrected chi connectivity index (χ2v) is 5.31. The summed E-state index contributed by atoms with van der Waals surface area (Å²) in [5, 5.41) is 3.33. The van der Waals surface area contributed by atoms with Gasteiger partial charge in [0.15, 0.2) is 0 Å². The highest BCUT2D eigenvalue weighted by Crippen LogP contribution is 2.21. The summed E-state index contributed by atoms with van der Waals surface area (Å²) in [7, 11) is 0. The van der Waals surface area contributed by atoms with E-state index in [4.69, 9.17) is 5.73 Å². The van der Waals surface area contributed by atoms with Gasteiger partial charge in [0, 0.05) is 22.7 Å². The highest BCUT2D eigenvalue weighted by Gasteiger charge is 2.09. The van der Waals surface area contributed by atoms with Crippen molar-refractivity contribution in [1.29, 1.82) is 0 Å². The van der Waals surface area contributed by atoms with Crippen LogP contribution in [0.15, 0.2) is 42.0 Å². The average Bonchev–Trinajstić information content (AvgIpc) is 3.00. The van der Waals surface area contributed by atoms with E-state index in [1.54, 1.807) is 11.3 Å². The predicted molar refractivity (Wildman–Crippen MR) is 75.9 cm³/mol. The largest absolute Gasteiger partial charge is 0.330 e. The summed E-state index contributed by atoms with van der Waals surface area (Å²) in [5.74, 6) is 0. The minimum absolute atomic E-state index is 0.674. The van der Waals surface area contributed by atoms with Crippen LogP contribution in [0, 0.1) is 0 Å². The molecule has 3 heterocycles. The molecule has 2 N–H and O–H groups in total. The lowest BCUT2D eigenvalue weighted by Gasteiger charge is -2.01. The molecule has 0 atom stereocenters. The molecule has 3 aromatic heterocycles. The van der Waals surface area contributed by atoms with Crippen molar-refractivity contribution in [2.75, 3.05) is 6.54 Å². The van der Waals surface area contributed by atoms with Gasteiger partial charge in [-0.1, -0.05) is 6.07 Å². The number of fused-ring (bicyclic) bond motifs is 1. The molecule has 0 aliphatic rings. The van der Waals surface area contributed by atoms with Gasteiger partial charge in [0.1, 0.15) is 5.65 Å². The summed E-state index contributed by atoms with van der Waals surface area (Å²) < 4.78 is 2.21. The number of aromatic nitrogens is 2. The Hall–Kier alpha value is -1.65. The molecule has 0 aliphatic carbocycles. The second-order valence-electron chi connectivity index (χ2n) is 4.27. The lowest BCUT2D eigenvalue weighted by molar-refractivity contribution is 0.830. The Bertz CT molecular complexity index is 640. The zero-order chi connectivity index (χ0) is 12.4. The molecule has 0 unspecified atom stereocenters. The maximum atomic E-state index is 5.67. The number of nitrogens with two attached hydrogens (primary N) is 1. The minimum atomic E-state index is 0.674. The van der Waals surface area contributed by atoms with Crippen LogP contribution < -0.4 is 5.73 Å². The van der Waals surface area contributed by atoms with E-state index in [0.717, 1.165) is 18.6 Å². The number of rotatable bonds is 4. The van der Waals surface area contributed by atoms with Crippen molar-refractivity contribution in [3.63, 3.8) is 0 Å². The summed E-state index contributed by atoms with van der Waals surface area (Å²) in [4.78, 5) is 5.84. The van der Waals surface area contributed by atoms with Crippen molar-refractivity contribution in [3.05, 3.63) is 52.5 Å². The van der Waals surface area contributed by atoms with Crippen LogP contribution >= 0.6 is 11.3 Å². The second kappa shape index (κ2) is 4.92.